The number of aromatic nitrogens is 2. The van der Waals surface area contributed by atoms with Crippen LogP contribution in [0.2, 0.25) is 0 Å². The Balaban J connectivity index is 1.69. The fourth-order valence-electron chi connectivity index (χ4n) is 2.24. The first-order chi connectivity index (χ1) is 12.8. The summed E-state index contributed by atoms with van der Waals surface area (Å²) in [6.45, 7) is 2.03. The van der Waals surface area contributed by atoms with E-state index in [1.165, 1.54) is 18.2 Å². The Kier molecular flexibility index (Phi) is 5.41. The smallest absolute Gasteiger partial charge is 0.416 e. The van der Waals surface area contributed by atoms with Gasteiger partial charge in [-0.3, -0.25) is 4.79 Å². The number of hydrogen-bond acceptors (Lipinski definition) is 5. The third-order valence-electron chi connectivity index (χ3n) is 3.67. The number of alkyl halides is 3. The number of carbonyl (C=O) groups is 1. The molecular weight excluding hydrogens is 379 g/mol. The summed E-state index contributed by atoms with van der Waals surface area (Å²) in [5.74, 6) is -0.0922. The van der Waals surface area contributed by atoms with Crippen molar-refractivity contribution in [3.8, 4) is 5.75 Å². The first-order valence-corrected chi connectivity index (χ1v) is 8.55. The summed E-state index contributed by atoms with van der Waals surface area (Å²) in [6.07, 6.45) is -4.48. The Morgan fingerprint density at radius 1 is 1.15 bits per heavy atom. The molecule has 0 aliphatic carbocycles. The number of aryl methyl sites for hydroxylation is 1. The van der Waals surface area contributed by atoms with Crippen molar-refractivity contribution >= 4 is 23.3 Å². The average Bonchev–Trinajstić information content (AvgIpc) is 3.05. The van der Waals surface area contributed by atoms with Gasteiger partial charge in [-0.25, -0.2) is 0 Å². The number of amides is 1. The molecule has 27 heavy (non-hydrogen) atoms. The summed E-state index contributed by atoms with van der Waals surface area (Å²) >= 11 is 1.09. The molecule has 1 amide bonds. The number of nitrogens with one attached hydrogen (secondary N) is 1. The molecule has 5 nitrogen and oxygen atoms in total. The van der Waals surface area contributed by atoms with E-state index in [0.29, 0.717) is 11.4 Å². The molecule has 0 unspecified atom stereocenters. The van der Waals surface area contributed by atoms with Gasteiger partial charge in [-0.05, 0) is 43.3 Å². The van der Waals surface area contributed by atoms with E-state index in [1.54, 1.807) is 18.2 Å². The largest absolute Gasteiger partial charge is 0.487 e. The molecular formula is C18H14F3N3O2S. The molecule has 1 heterocycles. The normalized spacial score (nSPS) is 11.3. The van der Waals surface area contributed by atoms with Gasteiger partial charge in [-0.2, -0.15) is 21.9 Å². The van der Waals surface area contributed by atoms with Crippen LogP contribution >= 0.6 is 11.7 Å². The monoisotopic (exact) mass is 393 g/mol. The fourth-order valence-corrected chi connectivity index (χ4v) is 2.79. The van der Waals surface area contributed by atoms with Crippen LogP contribution in [0.25, 0.3) is 0 Å². The Labute approximate surface area is 157 Å². The topological polar surface area (TPSA) is 64.1 Å². The Morgan fingerprint density at radius 3 is 2.63 bits per heavy atom. The number of ether oxygens (including phenoxy) is 1. The number of anilines is 1. The van der Waals surface area contributed by atoms with Gasteiger partial charge >= 0.3 is 6.18 Å². The maximum absolute atomic E-state index is 12.8. The van der Waals surface area contributed by atoms with E-state index in [2.05, 4.69) is 14.1 Å². The maximum Gasteiger partial charge on any atom is 0.416 e. The van der Waals surface area contributed by atoms with Crippen LogP contribution in [0.1, 0.15) is 27.3 Å². The van der Waals surface area contributed by atoms with E-state index >= 15 is 0 Å². The van der Waals surface area contributed by atoms with Crippen LogP contribution in [-0.2, 0) is 12.8 Å². The highest BCUT2D eigenvalue weighted by Gasteiger charge is 2.30. The molecule has 0 aliphatic rings. The zero-order valence-electron chi connectivity index (χ0n) is 14.1. The van der Waals surface area contributed by atoms with Crippen LogP contribution in [0.15, 0.2) is 48.5 Å². The minimum Gasteiger partial charge on any atom is -0.487 e. The lowest BCUT2D eigenvalue weighted by Crippen LogP contribution is -2.13. The van der Waals surface area contributed by atoms with Gasteiger partial charge in [0.2, 0.25) is 0 Å². The first-order valence-electron chi connectivity index (χ1n) is 7.82. The number of benzene rings is 2. The van der Waals surface area contributed by atoms with Gasteiger partial charge in [0, 0.05) is 11.3 Å². The summed E-state index contributed by atoms with van der Waals surface area (Å²) in [6, 6.07) is 10.8. The molecule has 1 N–H and O–H groups in total. The fraction of sp³-hybridized carbons (Fsp3) is 0.167. The second-order valence-corrected chi connectivity index (χ2v) is 6.17. The third-order valence-corrected chi connectivity index (χ3v) is 4.32. The maximum atomic E-state index is 12.8. The van der Waals surface area contributed by atoms with E-state index < -0.39 is 17.6 Å². The van der Waals surface area contributed by atoms with Crippen molar-refractivity contribution in [3.05, 3.63) is 71.0 Å². The zero-order chi connectivity index (χ0) is 19.4. The lowest BCUT2D eigenvalue weighted by atomic mass is 10.1. The lowest BCUT2D eigenvalue weighted by molar-refractivity contribution is -0.137. The van der Waals surface area contributed by atoms with Gasteiger partial charge in [0.1, 0.15) is 18.1 Å². The Morgan fingerprint density at radius 2 is 1.93 bits per heavy atom. The van der Waals surface area contributed by atoms with Crippen LogP contribution in [0.3, 0.4) is 0 Å². The molecule has 0 aliphatic heterocycles. The highest BCUT2D eigenvalue weighted by Crippen LogP contribution is 2.30. The zero-order valence-corrected chi connectivity index (χ0v) is 14.9. The van der Waals surface area contributed by atoms with E-state index in [9.17, 15) is 18.0 Å². The van der Waals surface area contributed by atoms with Crippen molar-refractivity contribution in [2.75, 3.05) is 5.32 Å². The molecule has 9 heteroatoms. The molecule has 0 atom stereocenters. The minimum absolute atomic E-state index is 0.0605. The van der Waals surface area contributed by atoms with Crippen molar-refractivity contribution < 1.29 is 22.7 Å². The molecule has 0 radical (unpaired) electrons. The van der Waals surface area contributed by atoms with Gasteiger partial charge in [0.15, 0.2) is 0 Å². The standard InChI is InChI=1S/C18H14F3N3O2S/c1-11-16(24-27-23-11)10-26-15-7-2-4-12(8-15)17(25)22-14-6-3-5-13(9-14)18(19,20)21/h2-9H,10H2,1H3,(H,22,25). The summed E-state index contributed by atoms with van der Waals surface area (Å²) in [5, 5.41) is 2.46. The highest BCUT2D eigenvalue weighted by atomic mass is 32.1. The quantitative estimate of drug-likeness (QED) is 0.683. The van der Waals surface area contributed by atoms with Crippen molar-refractivity contribution in [3.63, 3.8) is 0 Å². The predicted molar refractivity (Wildman–Crippen MR) is 94.8 cm³/mol. The van der Waals surface area contributed by atoms with Gasteiger partial charge in [-0.15, -0.1) is 0 Å². The van der Waals surface area contributed by atoms with E-state index in [-0.39, 0.29) is 17.9 Å². The molecule has 0 saturated carbocycles. The highest BCUT2D eigenvalue weighted by molar-refractivity contribution is 6.99. The second kappa shape index (κ2) is 7.75. The third kappa shape index (κ3) is 4.82. The van der Waals surface area contributed by atoms with Crippen molar-refractivity contribution in [1.82, 2.24) is 8.75 Å². The van der Waals surface area contributed by atoms with Gasteiger partial charge in [-0.1, -0.05) is 12.1 Å². The molecule has 0 fully saturated rings. The second-order valence-electron chi connectivity index (χ2n) is 5.65. The van der Waals surface area contributed by atoms with E-state index in [1.807, 2.05) is 6.92 Å². The molecule has 0 bridgehead atoms. The number of carbonyl (C=O) groups excluding carboxylic acids is 1. The molecule has 3 rings (SSSR count). The van der Waals surface area contributed by atoms with Gasteiger partial charge in [0.05, 0.1) is 23.0 Å². The lowest BCUT2D eigenvalue weighted by Gasteiger charge is -2.11. The molecule has 140 valence electrons. The number of halogens is 3. The van der Waals surface area contributed by atoms with Gasteiger partial charge in [0.25, 0.3) is 5.91 Å². The molecule has 2 aromatic carbocycles. The van der Waals surface area contributed by atoms with Gasteiger partial charge < -0.3 is 10.1 Å². The number of hydrogen-bond donors (Lipinski definition) is 1. The Hall–Kier alpha value is -2.94. The SMILES string of the molecule is Cc1nsnc1COc1cccc(C(=O)Nc2cccc(C(F)(F)F)c2)c1. The summed E-state index contributed by atoms with van der Waals surface area (Å²) < 4.78 is 52.1. The number of nitrogens with zero attached hydrogens (tertiary/aromatic N) is 2. The van der Waals surface area contributed by atoms with E-state index in [4.69, 9.17) is 4.74 Å². The first kappa shape index (κ1) is 18.8. The average molecular weight is 393 g/mol. The van der Waals surface area contributed by atoms with Crippen LogP contribution in [0, 0.1) is 6.92 Å². The molecule has 3 aromatic rings. The van der Waals surface area contributed by atoms with Crippen LogP contribution < -0.4 is 10.1 Å². The van der Waals surface area contributed by atoms with Crippen molar-refractivity contribution in [2.24, 2.45) is 0 Å². The molecule has 0 saturated heterocycles. The van der Waals surface area contributed by atoms with E-state index in [0.717, 1.165) is 29.6 Å². The predicted octanol–water partition coefficient (Wildman–Crippen LogP) is 4.70. The van der Waals surface area contributed by atoms with Crippen LogP contribution in [0.4, 0.5) is 18.9 Å². The summed E-state index contributed by atoms with van der Waals surface area (Å²) in [5.41, 5.74) is 0.977. The minimum atomic E-state index is -4.48. The van der Waals surface area contributed by atoms with Crippen LogP contribution in [0.5, 0.6) is 5.75 Å². The number of rotatable bonds is 5. The van der Waals surface area contributed by atoms with Crippen molar-refractivity contribution in [1.29, 1.82) is 0 Å². The molecule has 1 aromatic heterocycles. The Bertz CT molecular complexity index is 957. The summed E-state index contributed by atoms with van der Waals surface area (Å²) in [4.78, 5) is 12.3. The molecule has 0 spiro atoms. The summed E-state index contributed by atoms with van der Waals surface area (Å²) in [7, 11) is 0. The van der Waals surface area contributed by atoms with Crippen LogP contribution in [-0.4, -0.2) is 14.7 Å². The van der Waals surface area contributed by atoms with Crippen molar-refractivity contribution in [2.45, 2.75) is 19.7 Å².